The zero-order valence-corrected chi connectivity index (χ0v) is 18.8. The first-order valence-corrected chi connectivity index (χ1v) is 11.0. The van der Waals surface area contributed by atoms with Gasteiger partial charge in [-0.1, -0.05) is 17.7 Å². The number of amides is 2. The number of thiophene rings is 1. The average molecular weight is 459 g/mol. The van der Waals surface area contributed by atoms with E-state index in [4.69, 9.17) is 21.1 Å². The summed E-state index contributed by atoms with van der Waals surface area (Å²) < 4.78 is 11.4. The van der Waals surface area contributed by atoms with E-state index in [2.05, 4.69) is 10.6 Å². The van der Waals surface area contributed by atoms with E-state index in [9.17, 15) is 9.59 Å². The normalized spacial score (nSPS) is 11.5. The summed E-state index contributed by atoms with van der Waals surface area (Å²) >= 11 is 7.62. The maximum absolute atomic E-state index is 12.8. The van der Waals surface area contributed by atoms with Gasteiger partial charge in [0.1, 0.15) is 11.5 Å². The molecule has 6 nitrogen and oxygen atoms in total. The lowest BCUT2D eigenvalue weighted by Gasteiger charge is -2.17. The Hall–Kier alpha value is -3.03. The smallest absolute Gasteiger partial charge is 0.226 e. The van der Waals surface area contributed by atoms with Crippen molar-refractivity contribution in [1.82, 2.24) is 5.32 Å². The highest BCUT2D eigenvalue weighted by Gasteiger charge is 2.19. The van der Waals surface area contributed by atoms with Gasteiger partial charge < -0.3 is 20.1 Å². The number of benzene rings is 2. The molecule has 3 rings (SSSR count). The van der Waals surface area contributed by atoms with Crippen LogP contribution in [0.2, 0.25) is 5.02 Å². The van der Waals surface area contributed by atoms with E-state index in [-0.39, 0.29) is 18.2 Å². The largest absolute Gasteiger partial charge is 0.494 e. The fraction of sp³-hybridized carbons (Fsp3) is 0.217. The van der Waals surface area contributed by atoms with E-state index < -0.39 is 6.04 Å². The maximum Gasteiger partial charge on any atom is 0.226 e. The molecule has 1 heterocycles. The lowest BCUT2D eigenvalue weighted by atomic mass is 10.1. The quantitative estimate of drug-likeness (QED) is 0.425. The molecule has 0 saturated carbocycles. The summed E-state index contributed by atoms with van der Waals surface area (Å²) in [5, 5.41) is 8.04. The zero-order valence-electron chi connectivity index (χ0n) is 17.2. The van der Waals surface area contributed by atoms with Crippen LogP contribution in [-0.4, -0.2) is 18.4 Å². The second-order valence-corrected chi connectivity index (χ2v) is 8.08. The minimum Gasteiger partial charge on any atom is -0.494 e. The van der Waals surface area contributed by atoms with Crippen molar-refractivity contribution in [2.75, 3.05) is 11.9 Å². The third-order valence-electron chi connectivity index (χ3n) is 4.23. The predicted molar refractivity (Wildman–Crippen MR) is 123 cm³/mol. The minimum atomic E-state index is -0.410. The van der Waals surface area contributed by atoms with Crippen LogP contribution in [0.15, 0.2) is 60.0 Å². The van der Waals surface area contributed by atoms with E-state index in [0.29, 0.717) is 28.8 Å². The van der Waals surface area contributed by atoms with Gasteiger partial charge in [0.2, 0.25) is 11.8 Å². The first-order valence-electron chi connectivity index (χ1n) is 9.75. The molecule has 1 unspecified atom stereocenters. The monoisotopic (exact) mass is 458 g/mol. The number of ether oxygens (including phenoxy) is 2. The second kappa shape index (κ2) is 10.8. The molecule has 3 aromatic rings. The molecule has 8 heteroatoms. The molecule has 0 fully saturated rings. The van der Waals surface area contributed by atoms with E-state index >= 15 is 0 Å². The maximum atomic E-state index is 12.8. The number of carbonyl (C=O) groups is 2. The molecule has 0 radical (unpaired) electrons. The number of anilines is 1. The number of hydrogen-bond acceptors (Lipinski definition) is 5. The van der Waals surface area contributed by atoms with Gasteiger partial charge in [0.25, 0.3) is 0 Å². The highest BCUT2D eigenvalue weighted by Crippen LogP contribution is 2.33. The second-order valence-electron chi connectivity index (χ2n) is 6.67. The molecule has 0 bridgehead atoms. The summed E-state index contributed by atoms with van der Waals surface area (Å²) in [6, 6.07) is 15.6. The van der Waals surface area contributed by atoms with Gasteiger partial charge in [-0.2, -0.15) is 0 Å². The van der Waals surface area contributed by atoms with Gasteiger partial charge in [0, 0.05) is 16.8 Å². The Morgan fingerprint density at radius 1 is 1.10 bits per heavy atom. The molecule has 2 N–H and O–H groups in total. The van der Waals surface area contributed by atoms with Crippen molar-refractivity contribution in [1.29, 1.82) is 0 Å². The van der Waals surface area contributed by atoms with E-state index in [1.807, 2.05) is 36.6 Å². The van der Waals surface area contributed by atoms with Crippen LogP contribution in [0.5, 0.6) is 17.2 Å². The van der Waals surface area contributed by atoms with Crippen molar-refractivity contribution in [2.45, 2.75) is 26.3 Å². The molecule has 1 atom stereocenters. The highest BCUT2D eigenvalue weighted by molar-refractivity contribution is 7.10. The molecular formula is C23H23ClN2O4S. The lowest BCUT2D eigenvalue weighted by molar-refractivity contribution is -0.120. The molecule has 162 valence electrons. The fourth-order valence-corrected chi connectivity index (χ4v) is 3.88. The Morgan fingerprint density at radius 2 is 1.84 bits per heavy atom. The van der Waals surface area contributed by atoms with Crippen LogP contribution in [0.1, 0.15) is 31.2 Å². The first-order chi connectivity index (χ1) is 14.9. The lowest BCUT2D eigenvalue weighted by Crippen LogP contribution is -2.29. The van der Waals surface area contributed by atoms with Crippen LogP contribution in [0, 0.1) is 0 Å². The summed E-state index contributed by atoms with van der Waals surface area (Å²) in [6.07, 6.45) is 0.0785. The summed E-state index contributed by atoms with van der Waals surface area (Å²) in [6.45, 7) is 3.93. The number of carbonyl (C=O) groups excluding carboxylic acids is 2. The van der Waals surface area contributed by atoms with Crippen LogP contribution in [-0.2, 0) is 9.59 Å². The summed E-state index contributed by atoms with van der Waals surface area (Å²) in [7, 11) is 0. The summed E-state index contributed by atoms with van der Waals surface area (Å²) in [5.74, 6) is 1.32. The Labute approximate surface area is 190 Å². The molecule has 0 aliphatic rings. The van der Waals surface area contributed by atoms with E-state index in [1.165, 1.54) is 18.3 Å². The highest BCUT2D eigenvalue weighted by atomic mass is 35.5. The summed E-state index contributed by atoms with van der Waals surface area (Å²) in [4.78, 5) is 25.2. The summed E-state index contributed by atoms with van der Waals surface area (Å²) in [5.41, 5.74) is 0.444. The van der Waals surface area contributed by atoms with Crippen LogP contribution in [0.3, 0.4) is 0 Å². The zero-order chi connectivity index (χ0) is 22.2. The van der Waals surface area contributed by atoms with Crippen molar-refractivity contribution in [2.24, 2.45) is 0 Å². The topological polar surface area (TPSA) is 76.7 Å². The fourth-order valence-electron chi connectivity index (χ4n) is 2.93. The first kappa shape index (κ1) is 22.7. The van der Waals surface area contributed by atoms with Crippen LogP contribution in [0.25, 0.3) is 0 Å². The molecule has 31 heavy (non-hydrogen) atoms. The number of nitrogens with one attached hydrogen (secondary N) is 2. The van der Waals surface area contributed by atoms with Crippen molar-refractivity contribution >= 4 is 40.4 Å². The third kappa shape index (κ3) is 6.73. The Bertz CT molecular complexity index is 1020. The van der Waals surface area contributed by atoms with E-state index in [1.54, 1.807) is 30.3 Å². The Kier molecular flexibility index (Phi) is 7.92. The number of hydrogen-bond donors (Lipinski definition) is 2. The minimum absolute atomic E-state index is 0.0785. The molecular weight excluding hydrogens is 436 g/mol. The number of rotatable bonds is 9. The van der Waals surface area contributed by atoms with Crippen molar-refractivity contribution < 1.29 is 19.1 Å². The molecule has 0 aliphatic heterocycles. The molecule has 0 aliphatic carbocycles. The SMILES string of the molecule is CCOc1ccc(Oc2ccc(Cl)cc2NC(=O)CC(NC(C)=O)c2cccs2)cc1. The van der Waals surface area contributed by atoms with Crippen molar-refractivity contribution in [3.05, 3.63) is 69.9 Å². The van der Waals surface area contributed by atoms with Crippen LogP contribution in [0.4, 0.5) is 5.69 Å². The van der Waals surface area contributed by atoms with Gasteiger partial charge in [0.15, 0.2) is 5.75 Å². The van der Waals surface area contributed by atoms with Crippen molar-refractivity contribution in [3.8, 4) is 17.2 Å². The standard InChI is InChI=1S/C23H23ClN2O4S/c1-3-29-17-7-9-18(10-8-17)30-21-11-6-16(24)13-19(21)26-23(28)14-20(25-15(2)27)22-5-4-12-31-22/h4-13,20H,3,14H2,1-2H3,(H,25,27)(H,26,28). The van der Waals surface area contributed by atoms with Gasteiger partial charge in [-0.25, -0.2) is 0 Å². The molecule has 0 saturated heterocycles. The molecule has 0 spiro atoms. The van der Waals surface area contributed by atoms with Gasteiger partial charge in [-0.3, -0.25) is 9.59 Å². The molecule has 1 aromatic heterocycles. The van der Waals surface area contributed by atoms with Crippen LogP contribution >= 0.6 is 22.9 Å². The van der Waals surface area contributed by atoms with Crippen LogP contribution < -0.4 is 20.1 Å². The third-order valence-corrected chi connectivity index (χ3v) is 5.45. The van der Waals surface area contributed by atoms with Gasteiger partial charge in [0.05, 0.1) is 24.8 Å². The predicted octanol–water partition coefficient (Wildman–Crippen LogP) is 5.80. The Balaban J connectivity index is 1.73. The van der Waals surface area contributed by atoms with Gasteiger partial charge in [-0.05, 0) is 60.8 Å². The van der Waals surface area contributed by atoms with E-state index in [0.717, 1.165) is 10.6 Å². The molecule has 2 amide bonds. The number of halogens is 1. The van der Waals surface area contributed by atoms with Crippen molar-refractivity contribution in [3.63, 3.8) is 0 Å². The van der Waals surface area contributed by atoms with Gasteiger partial charge in [-0.15, -0.1) is 11.3 Å². The Morgan fingerprint density at radius 3 is 2.48 bits per heavy atom. The average Bonchev–Trinajstić information content (AvgIpc) is 3.26. The molecule has 2 aromatic carbocycles. The van der Waals surface area contributed by atoms with Gasteiger partial charge >= 0.3 is 0 Å².